The van der Waals surface area contributed by atoms with E-state index in [2.05, 4.69) is 4.98 Å². The number of rotatable bonds is 4. The van der Waals surface area contributed by atoms with Gasteiger partial charge in [-0.05, 0) is 38.4 Å². The first-order valence-corrected chi connectivity index (χ1v) is 8.75. The molecule has 0 amide bonds. The number of aromatic nitrogens is 2. The lowest BCUT2D eigenvalue weighted by Gasteiger charge is -2.22. The lowest BCUT2D eigenvalue weighted by Crippen LogP contribution is -2.34. The van der Waals surface area contributed by atoms with Crippen molar-refractivity contribution in [2.45, 2.75) is 49.7 Å². The fraction of sp³-hybridized carbons (Fsp3) is 0.667. The summed E-state index contributed by atoms with van der Waals surface area (Å²) in [4.78, 5) is 37.2. The molecule has 0 aliphatic carbocycles. The van der Waals surface area contributed by atoms with Crippen LogP contribution < -0.4 is 11.2 Å². The van der Waals surface area contributed by atoms with Crippen LogP contribution in [-0.4, -0.2) is 38.7 Å². The monoisotopic (exact) mass is 340 g/mol. The predicted octanol–water partition coefficient (Wildman–Crippen LogP) is 1.04. The van der Waals surface area contributed by atoms with Crippen LogP contribution in [0.2, 0.25) is 0 Å². The van der Waals surface area contributed by atoms with Gasteiger partial charge >= 0.3 is 11.7 Å². The molecule has 2 fully saturated rings. The van der Waals surface area contributed by atoms with Gasteiger partial charge in [-0.25, -0.2) is 4.79 Å². The van der Waals surface area contributed by atoms with E-state index >= 15 is 0 Å². The maximum atomic E-state index is 12.2. The lowest BCUT2D eigenvalue weighted by atomic mass is 10.1. The van der Waals surface area contributed by atoms with Crippen molar-refractivity contribution in [2.75, 3.05) is 12.4 Å². The largest absolute Gasteiger partial charge is 0.462 e. The van der Waals surface area contributed by atoms with Crippen molar-refractivity contribution in [3.8, 4) is 0 Å². The van der Waals surface area contributed by atoms with E-state index in [-0.39, 0.29) is 18.7 Å². The fourth-order valence-corrected chi connectivity index (χ4v) is 4.13. The quantitative estimate of drug-likeness (QED) is 0.824. The number of esters is 1. The average Bonchev–Trinajstić information content (AvgIpc) is 3.15. The zero-order valence-electron chi connectivity index (χ0n) is 12.9. The third kappa shape index (κ3) is 3.53. The van der Waals surface area contributed by atoms with Gasteiger partial charge in [0.05, 0.1) is 6.10 Å². The number of thioether (sulfide) groups is 1. The molecule has 0 spiro atoms. The van der Waals surface area contributed by atoms with Crippen LogP contribution >= 0.6 is 11.8 Å². The first kappa shape index (κ1) is 16.3. The highest BCUT2D eigenvalue weighted by Crippen LogP contribution is 2.39. The Bertz CT molecular complexity index is 692. The molecule has 1 aromatic rings. The summed E-state index contributed by atoms with van der Waals surface area (Å²) in [6.45, 7) is 2.12. The van der Waals surface area contributed by atoms with E-state index in [1.54, 1.807) is 11.8 Å². The minimum atomic E-state index is -0.491. The van der Waals surface area contributed by atoms with E-state index in [0.717, 1.165) is 18.6 Å². The Morgan fingerprint density at radius 1 is 1.52 bits per heavy atom. The van der Waals surface area contributed by atoms with Crippen LogP contribution in [0.5, 0.6) is 0 Å². The highest BCUT2D eigenvalue weighted by Gasteiger charge is 2.39. The standard InChI is InChI=1S/C15H20N2O5S/c1-15(6-2-8-23-15)13(19)21-9-10-3-4-12(22-10)17-7-5-11(18)16-14(17)20/h5,7,10,12H,2-4,6,8-9H2,1H3,(H,16,18,20). The van der Waals surface area contributed by atoms with Crippen molar-refractivity contribution in [2.24, 2.45) is 0 Å². The average molecular weight is 340 g/mol. The summed E-state index contributed by atoms with van der Waals surface area (Å²) in [5.74, 6) is 0.802. The molecule has 2 aliphatic rings. The third-order valence-electron chi connectivity index (χ3n) is 4.30. The minimum absolute atomic E-state index is 0.187. The van der Waals surface area contributed by atoms with Gasteiger partial charge in [0.25, 0.3) is 5.56 Å². The van der Waals surface area contributed by atoms with Crippen LogP contribution in [0.1, 0.15) is 38.8 Å². The molecular weight excluding hydrogens is 320 g/mol. The Hall–Kier alpha value is -1.54. The third-order valence-corrected chi connectivity index (χ3v) is 5.80. The molecule has 1 aromatic heterocycles. The lowest BCUT2D eigenvalue weighted by molar-refractivity contribution is -0.151. The van der Waals surface area contributed by atoms with Gasteiger partial charge in [0, 0.05) is 12.3 Å². The Balaban J connectivity index is 1.55. The molecule has 2 saturated heterocycles. The van der Waals surface area contributed by atoms with E-state index in [1.807, 2.05) is 6.92 Å². The topological polar surface area (TPSA) is 90.4 Å². The molecule has 0 radical (unpaired) electrons. The molecule has 0 bridgehead atoms. The smallest absolute Gasteiger partial charge is 0.330 e. The van der Waals surface area contributed by atoms with E-state index in [9.17, 15) is 14.4 Å². The van der Waals surface area contributed by atoms with Crippen LogP contribution in [-0.2, 0) is 14.3 Å². The second-order valence-electron chi connectivity index (χ2n) is 6.09. The normalized spacial score (nSPS) is 30.5. The van der Waals surface area contributed by atoms with Crippen molar-refractivity contribution < 1.29 is 14.3 Å². The van der Waals surface area contributed by atoms with E-state index in [1.165, 1.54) is 16.8 Å². The molecule has 126 valence electrons. The van der Waals surface area contributed by atoms with Gasteiger partial charge in [-0.2, -0.15) is 0 Å². The summed E-state index contributed by atoms with van der Waals surface area (Å²) in [7, 11) is 0. The number of carbonyl (C=O) groups is 1. The second-order valence-corrected chi connectivity index (χ2v) is 7.69. The number of H-pyrrole nitrogens is 1. The molecule has 0 saturated carbocycles. The summed E-state index contributed by atoms with van der Waals surface area (Å²) >= 11 is 1.64. The summed E-state index contributed by atoms with van der Waals surface area (Å²) in [5.41, 5.74) is -0.924. The number of aromatic amines is 1. The molecular formula is C15H20N2O5S. The number of hydrogen-bond donors (Lipinski definition) is 1. The maximum absolute atomic E-state index is 12.2. The Morgan fingerprint density at radius 3 is 3.04 bits per heavy atom. The highest BCUT2D eigenvalue weighted by atomic mass is 32.2. The van der Waals surface area contributed by atoms with Crippen LogP contribution in [0.3, 0.4) is 0 Å². The number of carbonyl (C=O) groups excluding carboxylic acids is 1. The zero-order valence-corrected chi connectivity index (χ0v) is 13.8. The predicted molar refractivity (Wildman–Crippen MR) is 85.5 cm³/mol. The van der Waals surface area contributed by atoms with E-state index in [4.69, 9.17) is 9.47 Å². The SMILES string of the molecule is CC1(C(=O)OCC2CCC(n3ccc(=O)[nH]c3=O)O2)CCCS1. The van der Waals surface area contributed by atoms with Gasteiger partial charge in [-0.1, -0.05) is 0 Å². The Morgan fingerprint density at radius 2 is 2.35 bits per heavy atom. The molecule has 3 heterocycles. The molecule has 1 N–H and O–H groups in total. The Labute approximate surface area is 137 Å². The van der Waals surface area contributed by atoms with Gasteiger partial charge in [0.15, 0.2) is 0 Å². The van der Waals surface area contributed by atoms with Crippen molar-refractivity contribution in [3.63, 3.8) is 0 Å². The van der Waals surface area contributed by atoms with Crippen LogP contribution in [0.4, 0.5) is 0 Å². The van der Waals surface area contributed by atoms with Crippen molar-refractivity contribution in [3.05, 3.63) is 33.1 Å². The van der Waals surface area contributed by atoms with Gasteiger partial charge < -0.3 is 9.47 Å². The number of ether oxygens (including phenoxy) is 2. The number of nitrogens with one attached hydrogen (secondary N) is 1. The second kappa shape index (κ2) is 6.52. The molecule has 2 aliphatic heterocycles. The maximum Gasteiger partial charge on any atom is 0.330 e. The van der Waals surface area contributed by atoms with E-state index in [0.29, 0.717) is 12.8 Å². The first-order chi connectivity index (χ1) is 11.0. The molecule has 3 atom stereocenters. The van der Waals surface area contributed by atoms with Crippen molar-refractivity contribution in [1.29, 1.82) is 0 Å². The minimum Gasteiger partial charge on any atom is -0.462 e. The van der Waals surface area contributed by atoms with Gasteiger partial charge in [-0.3, -0.25) is 19.1 Å². The molecule has 3 unspecified atom stereocenters. The fourth-order valence-electron chi connectivity index (χ4n) is 2.93. The van der Waals surface area contributed by atoms with Crippen molar-refractivity contribution >= 4 is 17.7 Å². The van der Waals surface area contributed by atoms with Gasteiger partial charge in [0.2, 0.25) is 0 Å². The summed E-state index contributed by atoms with van der Waals surface area (Å²) in [5, 5.41) is 0. The van der Waals surface area contributed by atoms with Crippen LogP contribution in [0.15, 0.2) is 21.9 Å². The highest BCUT2D eigenvalue weighted by molar-refractivity contribution is 8.01. The molecule has 8 heteroatoms. The molecule has 0 aromatic carbocycles. The number of nitrogens with zero attached hydrogens (tertiary/aromatic N) is 1. The molecule has 7 nitrogen and oxygen atoms in total. The number of hydrogen-bond acceptors (Lipinski definition) is 6. The summed E-state index contributed by atoms with van der Waals surface area (Å²) in [6, 6.07) is 1.29. The summed E-state index contributed by atoms with van der Waals surface area (Å²) in [6.07, 6.45) is 3.99. The first-order valence-electron chi connectivity index (χ1n) is 7.76. The van der Waals surface area contributed by atoms with Crippen LogP contribution in [0.25, 0.3) is 0 Å². The molecule has 23 heavy (non-hydrogen) atoms. The van der Waals surface area contributed by atoms with Gasteiger partial charge in [-0.15, -0.1) is 11.8 Å². The Kier molecular flexibility index (Phi) is 4.63. The van der Waals surface area contributed by atoms with Gasteiger partial charge in [0.1, 0.15) is 17.6 Å². The zero-order chi connectivity index (χ0) is 16.4. The van der Waals surface area contributed by atoms with Crippen molar-refractivity contribution in [1.82, 2.24) is 9.55 Å². The summed E-state index contributed by atoms with van der Waals surface area (Å²) < 4.78 is 12.1. The molecule has 3 rings (SSSR count). The van der Waals surface area contributed by atoms with E-state index < -0.39 is 22.2 Å². The van der Waals surface area contributed by atoms with Crippen LogP contribution in [0, 0.1) is 0 Å².